The number of nitrogens with zero attached hydrogens (tertiary/aromatic N) is 1. The summed E-state index contributed by atoms with van der Waals surface area (Å²) < 4.78 is 39.8. The Morgan fingerprint density at radius 1 is 1.29 bits per heavy atom. The smallest absolute Gasteiger partial charge is 0.369 e. The molecule has 1 heterocycles. The molecule has 0 aromatic heterocycles. The second kappa shape index (κ2) is 6.69. The molecule has 21 heavy (non-hydrogen) atoms. The van der Waals surface area contributed by atoms with Crippen LogP contribution in [0.1, 0.15) is 44.2 Å². The van der Waals surface area contributed by atoms with Crippen LogP contribution in [0, 0.1) is 0 Å². The largest absolute Gasteiger partial charge is 0.416 e. The van der Waals surface area contributed by atoms with E-state index < -0.39 is 11.7 Å². The third kappa shape index (κ3) is 3.90. The molecule has 0 aliphatic carbocycles. The van der Waals surface area contributed by atoms with Crippen LogP contribution in [0.15, 0.2) is 18.2 Å². The van der Waals surface area contributed by atoms with Gasteiger partial charge in [-0.05, 0) is 50.4 Å². The van der Waals surface area contributed by atoms with Gasteiger partial charge in [0.1, 0.15) is 0 Å². The van der Waals surface area contributed by atoms with E-state index in [1.54, 1.807) is 6.07 Å². The zero-order chi connectivity index (χ0) is 15.5. The summed E-state index contributed by atoms with van der Waals surface area (Å²) in [6.45, 7) is 5.71. The van der Waals surface area contributed by atoms with Crippen molar-refractivity contribution in [1.29, 1.82) is 0 Å². The second-order valence-electron chi connectivity index (χ2n) is 5.66. The fraction of sp³-hybridized carbons (Fsp3) is 0.625. The zero-order valence-electron chi connectivity index (χ0n) is 12.6. The third-order valence-corrected chi connectivity index (χ3v) is 4.10. The van der Waals surface area contributed by atoms with Gasteiger partial charge in [-0.1, -0.05) is 13.0 Å². The molecule has 1 aliphatic rings. The Morgan fingerprint density at radius 3 is 2.67 bits per heavy atom. The summed E-state index contributed by atoms with van der Waals surface area (Å²) in [5, 5.41) is 2.97. The van der Waals surface area contributed by atoms with Crippen LogP contribution in [0.5, 0.6) is 0 Å². The van der Waals surface area contributed by atoms with Crippen LogP contribution in [0.2, 0.25) is 0 Å². The molecule has 1 atom stereocenters. The summed E-state index contributed by atoms with van der Waals surface area (Å²) in [4.78, 5) is 2.09. The van der Waals surface area contributed by atoms with Gasteiger partial charge in [0.25, 0.3) is 0 Å². The van der Waals surface area contributed by atoms with Gasteiger partial charge < -0.3 is 10.2 Å². The molecule has 1 N–H and O–H groups in total. The maximum Gasteiger partial charge on any atom is 0.416 e. The van der Waals surface area contributed by atoms with Crippen molar-refractivity contribution in [3.8, 4) is 0 Å². The summed E-state index contributed by atoms with van der Waals surface area (Å²) in [5.41, 5.74) is 0.492. The minimum absolute atomic E-state index is 0.251. The van der Waals surface area contributed by atoms with Crippen molar-refractivity contribution in [1.82, 2.24) is 5.32 Å². The average molecular weight is 300 g/mol. The number of hydrogen-bond donors (Lipinski definition) is 1. The highest BCUT2D eigenvalue weighted by Gasteiger charge is 2.34. The minimum atomic E-state index is -4.31. The molecule has 0 amide bonds. The predicted molar refractivity (Wildman–Crippen MR) is 79.5 cm³/mol. The molecule has 1 unspecified atom stereocenters. The van der Waals surface area contributed by atoms with Crippen molar-refractivity contribution in [2.45, 2.75) is 51.9 Å². The van der Waals surface area contributed by atoms with Gasteiger partial charge in [-0.25, -0.2) is 0 Å². The molecule has 0 radical (unpaired) electrons. The molecule has 0 saturated carbocycles. The number of halogens is 3. The fourth-order valence-corrected chi connectivity index (χ4v) is 2.90. The Morgan fingerprint density at radius 2 is 2.05 bits per heavy atom. The lowest BCUT2D eigenvalue weighted by Crippen LogP contribution is -2.37. The van der Waals surface area contributed by atoms with Crippen LogP contribution in [0.4, 0.5) is 18.9 Å². The molecule has 1 fully saturated rings. The topological polar surface area (TPSA) is 15.3 Å². The predicted octanol–water partition coefficient (Wildman–Crippen LogP) is 4.19. The van der Waals surface area contributed by atoms with E-state index >= 15 is 0 Å². The van der Waals surface area contributed by atoms with Crippen LogP contribution < -0.4 is 10.2 Å². The molecule has 2 rings (SSSR count). The molecule has 1 aromatic rings. The van der Waals surface area contributed by atoms with Gasteiger partial charge in [-0.15, -0.1) is 0 Å². The first kappa shape index (κ1) is 16.1. The maximum atomic E-state index is 13.3. The standard InChI is InChI=1S/C16H23F3N2/c1-3-20-11-13-7-8-14(10-15(13)16(17,18)19)21-9-5-4-6-12(21)2/h7-8,10,12,20H,3-6,9,11H2,1-2H3. The lowest BCUT2D eigenvalue weighted by atomic mass is 10.00. The van der Waals surface area contributed by atoms with Crippen molar-refractivity contribution < 1.29 is 13.2 Å². The first-order valence-corrected chi connectivity index (χ1v) is 7.61. The Hall–Kier alpha value is -1.23. The number of hydrogen-bond acceptors (Lipinski definition) is 2. The van der Waals surface area contributed by atoms with Crippen molar-refractivity contribution in [2.75, 3.05) is 18.0 Å². The zero-order valence-corrected chi connectivity index (χ0v) is 12.6. The highest BCUT2D eigenvalue weighted by molar-refractivity contribution is 5.53. The molecule has 5 heteroatoms. The monoisotopic (exact) mass is 300 g/mol. The van der Waals surface area contributed by atoms with Gasteiger partial charge in [0.05, 0.1) is 5.56 Å². The number of anilines is 1. The molecule has 1 aliphatic heterocycles. The summed E-state index contributed by atoms with van der Waals surface area (Å²) in [6.07, 6.45) is -1.06. The second-order valence-corrected chi connectivity index (χ2v) is 5.66. The van der Waals surface area contributed by atoms with Gasteiger partial charge in [0, 0.05) is 24.8 Å². The van der Waals surface area contributed by atoms with Gasteiger partial charge in [0.2, 0.25) is 0 Å². The van der Waals surface area contributed by atoms with Gasteiger partial charge >= 0.3 is 6.18 Å². The van der Waals surface area contributed by atoms with Crippen molar-refractivity contribution in [2.24, 2.45) is 0 Å². The Bertz CT molecular complexity index is 471. The van der Waals surface area contributed by atoms with Crippen LogP contribution in [0.25, 0.3) is 0 Å². The van der Waals surface area contributed by atoms with Crippen LogP contribution >= 0.6 is 0 Å². The summed E-state index contributed by atoms with van der Waals surface area (Å²) in [7, 11) is 0. The van der Waals surface area contributed by atoms with E-state index in [-0.39, 0.29) is 6.54 Å². The molecule has 1 aromatic carbocycles. The lowest BCUT2D eigenvalue weighted by Gasteiger charge is -2.36. The van der Waals surface area contributed by atoms with E-state index in [1.165, 1.54) is 6.07 Å². The molecule has 0 bridgehead atoms. The van der Waals surface area contributed by atoms with Crippen LogP contribution in [-0.4, -0.2) is 19.1 Å². The summed E-state index contributed by atoms with van der Waals surface area (Å²) in [5.74, 6) is 0. The van der Waals surface area contributed by atoms with Gasteiger partial charge in [0.15, 0.2) is 0 Å². The van der Waals surface area contributed by atoms with Crippen molar-refractivity contribution >= 4 is 5.69 Å². The number of alkyl halides is 3. The Labute approximate surface area is 124 Å². The number of rotatable bonds is 4. The van der Waals surface area contributed by atoms with Crippen LogP contribution in [-0.2, 0) is 12.7 Å². The van der Waals surface area contributed by atoms with Crippen LogP contribution in [0.3, 0.4) is 0 Å². The number of benzene rings is 1. The quantitative estimate of drug-likeness (QED) is 0.897. The highest BCUT2D eigenvalue weighted by Crippen LogP contribution is 2.36. The van der Waals surface area contributed by atoms with E-state index in [0.717, 1.165) is 25.8 Å². The molecule has 118 valence electrons. The van der Waals surface area contributed by atoms with Gasteiger partial charge in [-0.3, -0.25) is 0 Å². The van der Waals surface area contributed by atoms with E-state index in [0.29, 0.717) is 23.8 Å². The highest BCUT2D eigenvalue weighted by atomic mass is 19.4. The van der Waals surface area contributed by atoms with E-state index in [4.69, 9.17) is 0 Å². The fourth-order valence-electron chi connectivity index (χ4n) is 2.90. The molecule has 1 saturated heterocycles. The van der Waals surface area contributed by atoms with E-state index in [2.05, 4.69) is 17.1 Å². The van der Waals surface area contributed by atoms with E-state index in [1.807, 2.05) is 13.0 Å². The van der Waals surface area contributed by atoms with Crippen molar-refractivity contribution in [3.63, 3.8) is 0 Å². The number of nitrogens with one attached hydrogen (secondary N) is 1. The Kier molecular flexibility index (Phi) is 5.14. The third-order valence-electron chi connectivity index (χ3n) is 4.10. The average Bonchev–Trinajstić information content (AvgIpc) is 2.44. The molecule has 2 nitrogen and oxygen atoms in total. The Balaban J connectivity index is 2.32. The normalized spacial score (nSPS) is 19.9. The first-order valence-electron chi connectivity index (χ1n) is 7.61. The lowest BCUT2D eigenvalue weighted by molar-refractivity contribution is -0.138. The summed E-state index contributed by atoms with van der Waals surface area (Å²) in [6, 6.07) is 5.06. The maximum absolute atomic E-state index is 13.3. The molecule has 0 spiro atoms. The van der Waals surface area contributed by atoms with Gasteiger partial charge in [-0.2, -0.15) is 13.2 Å². The first-order chi connectivity index (χ1) is 9.93. The van der Waals surface area contributed by atoms with Crippen molar-refractivity contribution in [3.05, 3.63) is 29.3 Å². The van der Waals surface area contributed by atoms with E-state index in [9.17, 15) is 13.2 Å². The summed E-state index contributed by atoms with van der Waals surface area (Å²) >= 11 is 0. The SMILES string of the molecule is CCNCc1ccc(N2CCCCC2C)cc1C(F)(F)F. The molecular formula is C16H23F3N2. The molecular weight excluding hydrogens is 277 g/mol. The number of piperidine rings is 1. The minimum Gasteiger partial charge on any atom is -0.369 e.